The summed E-state index contributed by atoms with van der Waals surface area (Å²) in [5.74, 6) is -1.68. The van der Waals surface area contributed by atoms with Gasteiger partial charge in [-0.25, -0.2) is 9.38 Å². The molecule has 0 spiro atoms. The number of carbonyl (C=O) groups excluding carboxylic acids is 2. The smallest absolute Gasteiger partial charge is 0.325 e. The molecule has 2 bridgehead atoms. The third kappa shape index (κ3) is 5.64. The maximum absolute atomic E-state index is 16.0. The van der Waals surface area contributed by atoms with Crippen LogP contribution in [0.25, 0.3) is 0 Å². The molecule has 0 aromatic rings. The summed E-state index contributed by atoms with van der Waals surface area (Å²) in [6, 6.07) is -2.21. The van der Waals surface area contributed by atoms with E-state index in [0.717, 1.165) is 12.7 Å². The minimum Gasteiger partial charge on any atom is -0.387 e. The third-order valence-corrected chi connectivity index (χ3v) is 10.6. The zero-order chi connectivity index (χ0) is 31.8. The first kappa shape index (κ1) is 31.2. The molecule has 0 aromatic carbocycles. The first-order valence-electron chi connectivity index (χ1n) is 13.0. The Morgan fingerprint density at radius 1 is 0.956 bits per heavy atom. The fourth-order valence-electron chi connectivity index (χ4n) is 5.44. The second-order valence-electron chi connectivity index (χ2n) is 10.3. The lowest BCUT2D eigenvalue weighted by Gasteiger charge is -2.32. The van der Waals surface area contributed by atoms with Crippen molar-refractivity contribution in [3.05, 3.63) is 0 Å². The average Bonchev–Trinajstić information content (AvgIpc) is 3.72. The van der Waals surface area contributed by atoms with Gasteiger partial charge < -0.3 is 33.4 Å². The molecule has 3 saturated heterocycles. The van der Waals surface area contributed by atoms with Crippen LogP contribution in [0.1, 0.15) is 0 Å². The predicted octanol–water partition coefficient (Wildman–Crippen LogP) is -2.76. The molecule has 0 aliphatic carbocycles. The van der Waals surface area contributed by atoms with E-state index in [0.29, 0.717) is 0 Å². The van der Waals surface area contributed by atoms with Crippen molar-refractivity contribution in [3.8, 4) is 0 Å². The first-order chi connectivity index (χ1) is 21.3. The number of hydrogen-bond acceptors (Lipinski definition) is 17. The van der Waals surface area contributed by atoms with E-state index >= 15 is 4.39 Å². The van der Waals surface area contributed by atoms with Crippen molar-refractivity contribution in [2.24, 2.45) is 25.0 Å². The quantitative estimate of drug-likeness (QED) is 0.182. The van der Waals surface area contributed by atoms with Crippen LogP contribution in [0.2, 0.25) is 0 Å². The number of ether oxygens (including phenoxy) is 2. The van der Waals surface area contributed by atoms with E-state index in [9.17, 15) is 24.5 Å². The molecule has 7 rings (SSSR count). The number of aliphatic hydroxyl groups is 1. The first-order valence-corrected chi connectivity index (χ1v) is 18.2. The summed E-state index contributed by atoms with van der Waals surface area (Å²) in [5.41, 5.74) is 0. The molecule has 25 heteroatoms. The number of guanidine groups is 1. The molecule has 7 heterocycles. The molecule has 7 aliphatic heterocycles. The van der Waals surface area contributed by atoms with Gasteiger partial charge in [0.1, 0.15) is 42.7 Å². The van der Waals surface area contributed by atoms with Crippen molar-refractivity contribution in [1.82, 2.24) is 15.1 Å². The summed E-state index contributed by atoms with van der Waals surface area (Å²) in [6.45, 7) is -9.84. The second kappa shape index (κ2) is 11.4. The van der Waals surface area contributed by atoms with Gasteiger partial charge in [-0.2, -0.15) is 9.98 Å². The molecule has 0 radical (unpaired) electrons. The molecular weight excluding hydrogens is 687 g/mol. The summed E-state index contributed by atoms with van der Waals surface area (Å²) in [6.07, 6.45) is -8.93. The van der Waals surface area contributed by atoms with Gasteiger partial charge in [-0.1, -0.05) is 0 Å². The highest BCUT2D eigenvalue weighted by Crippen LogP contribution is 2.53. The molecule has 20 nitrogen and oxygen atoms in total. The van der Waals surface area contributed by atoms with Crippen molar-refractivity contribution in [3.63, 3.8) is 0 Å². The molecule has 45 heavy (non-hydrogen) atoms. The van der Waals surface area contributed by atoms with Crippen LogP contribution in [-0.2, 0) is 60.8 Å². The Balaban J connectivity index is 1.15. The molecule has 242 valence electrons. The van der Waals surface area contributed by atoms with E-state index in [1.807, 2.05) is 0 Å². The fraction of sp³-hybridized carbons (Fsp3) is 0.600. The lowest BCUT2D eigenvalue weighted by molar-refractivity contribution is -0.120. The van der Waals surface area contributed by atoms with Gasteiger partial charge in [-0.05, 0) is 23.6 Å². The Morgan fingerprint density at radius 3 is 2.31 bits per heavy atom. The van der Waals surface area contributed by atoms with Gasteiger partial charge in [0, 0.05) is 0 Å². The number of amides is 2. The van der Waals surface area contributed by atoms with Gasteiger partial charge >= 0.3 is 13.4 Å². The van der Waals surface area contributed by atoms with E-state index < -0.39 is 106 Å². The van der Waals surface area contributed by atoms with Gasteiger partial charge in [0.05, 0.1) is 25.9 Å². The van der Waals surface area contributed by atoms with E-state index in [1.54, 1.807) is 0 Å². The Bertz CT molecular complexity index is 1600. The number of carbonyl (C=O) groups is 2. The van der Waals surface area contributed by atoms with Crippen molar-refractivity contribution >= 4 is 85.5 Å². The summed E-state index contributed by atoms with van der Waals surface area (Å²) in [5, 5.41) is 21.1. The molecule has 0 saturated carbocycles. The minimum atomic E-state index is -4.30. The number of hydrogen-bond donors (Lipinski definition) is 5. The average molecular weight is 710 g/mol. The van der Waals surface area contributed by atoms with Crippen LogP contribution in [0.15, 0.2) is 25.0 Å². The number of aliphatic imine (C=N–C) groups is 5. The lowest BCUT2D eigenvalue weighted by Crippen LogP contribution is -2.53. The topological polar surface area (TPSA) is 254 Å². The monoisotopic (exact) mass is 709 g/mol. The molecule has 5 N–H and O–H groups in total. The normalized spacial score (nSPS) is 46.1. The van der Waals surface area contributed by atoms with Crippen LogP contribution >= 0.6 is 13.4 Å². The van der Waals surface area contributed by atoms with Crippen LogP contribution in [-0.4, -0.2) is 148 Å². The number of rotatable bonds is 2. The second-order valence-corrected chi connectivity index (χ2v) is 15.8. The Hall–Kier alpha value is -2.37. The van der Waals surface area contributed by atoms with E-state index in [1.165, 1.54) is 16.1 Å². The van der Waals surface area contributed by atoms with Crippen molar-refractivity contribution in [2.45, 2.75) is 61.2 Å². The molecule has 0 aromatic heterocycles. The minimum absolute atomic E-state index is 0.0227. The predicted molar refractivity (Wildman–Crippen MR) is 155 cm³/mol. The SMILES string of the molecule is N=C1N=C2C(N=CN2[C@@H]2O[C@@H]3COP(O)(=S)O[C@H]4[C@@H](F)[C@H](N5C=NC6C(=O)N=CN=C65)O[C@@H]4COP(O)(=S)O[C@@H]2[C@@H]3O)C(=O)N1. The number of aliphatic hydroxyl groups excluding tert-OH is 1. The Morgan fingerprint density at radius 2 is 1.58 bits per heavy atom. The number of alkyl halides is 1. The fourth-order valence-corrected chi connectivity index (χ4v) is 8.29. The molecular formula is C20H22FN9O11P2S2. The zero-order valence-electron chi connectivity index (χ0n) is 22.2. The highest BCUT2D eigenvalue weighted by molar-refractivity contribution is 8.07. The van der Waals surface area contributed by atoms with Crippen LogP contribution in [0.4, 0.5) is 4.39 Å². The molecule has 12 atom stereocenters. The lowest BCUT2D eigenvalue weighted by atomic mass is 10.1. The molecule has 7 aliphatic rings. The van der Waals surface area contributed by atoms with Crippen LogP contribution in [0, 0.1) is 5.41 Å². The maximum atomic E-state index is 16.0. The van der Waals surface area contributed by atoms with E-state index in [4.69, 9.17) is 56.6 Å². The van der Waals surface area contributed by atoms with Crippen LogP contribution in [0.5, 0.6) is 0 Å². The third-order valence-electron chi connectivity index (χ3n) is 7.47. The zero-order valence-corrected chi connectivity index (χ0v) is 25.7. The highest BCUT2D eigenvalue weighted by Gasteiger charge is 2.56. The Labute approximate surface area is 261 Å². The summed E-state index contributed by atoms with van der Waals surface area (Å²) in [4.78, 5) is 68.4. The van der Waals surface area contributed by atoms with Gasteiger partial charge in [-0.15, -0.1) is 0 Å². The molecule has 2 amide bonds. The van der Waals surface area contributed by atoms with E-state index in [-0.39, 0.29) is 11.7 Å². The van der Waals surface area contributed by atoms with Crippen LogP contribution in [0.3, 0.4) is 0 Å². The number of fused-ring (bicyclic) bond motifs is 5. The van der Waals surface area contributed by atoms with Crippen molar-refractivity contribution < 1.29 is 56.4 Å². The maximum Gasteiger partial charge on any atom is 0.325 e. The van der Waals surface area contributed by atoms with Gasteiger partial charge in [0.2, 0.25) is 5.96 Å². The number of halogens is 1. The standard InChI is InChI=1S/C20H22FN9O11P2S2/c21-8-12-7(39-18(8)29-4-25-9-14(29)23-3-24-16(9)32)2-37-43(35,45)41-13-11(31)6(1-36-42(34,44)40-12)38-19(13)30-5-26-10-15(30)27-20(22)28-17(10)33/h3-13,18-19,31H,1-2H2,(H,34,44)(H,35,45)(H2,22,28,33)/t6-,7-,8-,9?,10?,11-,12-,13-,18-,19-,42?,43?/m1/s1. The number of nitrogens with zero attached hydrogens (tertiary/aromatic N) is 7. The molecule has 3 fully saturated rings. The van der Waals surface area contributed by atoms with Crippen LogP contribution < -0.4 is 5.32 Å². The summed E-state index contributed by atoms with van der Waals surface area (Å²) >= 11 is 10.3. The van der Waals surface area contributed by atoms with Gasteiger partial charge in [0.15, 0.2) is 36.5 Å². The summed E-state index contributed by atoms with van der Waals surface area (Å²) < 4.78 is 49.9. The van der Waals surface area contributed by atoms with Gasteiger partial charge in [-0.3, -0.25) is 49.1 Å². The van der Waals surface area contributed by atoms with E-state index in [2.05, 4.69) is 30.3 Å². The number of amidine groups is 2. The Kier molecular flexibility index (Phi) is 7.92. The largest absolute Gasteiger partial charge is 0.387 e. The number of nitrogens with one attached hydrogen (secondary N) is 2. The van der Waals surface area contributed by atoms with Gasteiger partial charge in [0.25, 0.3) is 11.8 Å². The molecule has 4 unspecified atom stereocenters. The van der Waals surface area contributed by atoms with Crippen molar-refractivity contribution in [2.75, 3.05) is 13.2 Å². The summed E-state index contributed by atoms with van der Waals surface area (Å²) in [7, 11) is 0. The van der Waals surface area contributed by atoms with Crippen molar-refractivity contribution in [1.29, 1.82) is 5.41 Å². The highest BCUT2D eigenvalue weighted by atomic mass is 32.5.